The molecule has 0 radical (unpaired) electrons. The summed E-state index contributed by atoms with van der Waals surface area (Å²) in [5.74, 6) is 2.19. The fourth-order valence-corrected chi connectivity index (χ4v) is 3.78. The van der Waals surface area contributed by atoms with Crippen molar-refractivity contribution in [2.75, 3.05) is 38.2 Å². The van der Waals surface area contributed by atoms with Crippen LogP contribution in [0, 0.1) is 0 Å². The fraction of sp³-hybridized carbons (Fsp3) is 0.545. The van der Waals surface area contributed by atoms with Crippen LogP contribution in [0.1, 0.15) is 38.2 Å². The average molecular weight is 385 g/mol. The van der Waals surface area contributed by atoms with Crippen LogP contribution < -0.4 is 9.64 Å². The van der Waals surface area contributed by atoms with Crippen molar-refractivity contribution in [1.82, 2.24) is 15.1 Å². The van der Waals surface area contributed by atoms with Gasteiger partial charge in [0, 0.05) is 38.9 Å². The first-order valence-corrected chi connectivity index (χ1v) is 10.2. The quantitative estimate of drug-likeness (QED) is 0.755. The van der Waals surface area contributed by atoms with Crippen molar-refractivity contribution in [2.45, 2.75) is 44.8 Å². The standard InChI is InChI=1S/C22H32N4O2/c1-17(2)20-7-4-5-8-21(20)28-16-19(27)15-26-13-10-18(11-14-26)25(3)22-9-6-12-23-24-22/h4-9,12,17-19,27H,10-11,13-16H2,1-3H3. The molecule has 3 rings (SSSR count). The Labute approximate surface area is 168 Å². The number of rotatable bonds is 8. The molecule has 0 amide bonds. The molecule has 1 aromatic carbocycles. The van der Waals surface area contributed by atoms with Gasteiger partial charge in [-0.1, -0.05) is 32.0 Å². The number of nitrogens with zero attached hydrogens (tertiary/aromatic N) is 4. The third-order valence-electron chi connectivity index (χ3n) is 5.47. The molecule has 0 spiro atoms. The number of piperidine rings is 1. The van der Waals surface area contributed by atoms with Gasteiger partial charge in [0.2, 0.25) is 0 Å². The Morgan fingerprint density at radius 2 is 1.93 bits per heavy atom. The number of para-hydroxylation sites is 1. The summed E-state index contributed by atoms with van der Waals surface area (Å²) in [4.78, 5) is 4.54. The molecule has 1 saturated heterocycles. The van der Waals surface area contributed by atoms with Crippen molar-refractivity contribution in [2.24, 2.45) is 0 Å². The van der Waals surface area contributed by atoms with Gasteiger partial charge < -0.3 is 19.6 Å². The van der Waals surface area contributed by atoms with Crippen LogP contribution in [0.3, 0.4) is 0 Å². The lowest BCUT2D eigenvalue weighted by Crippen LogP contribution is -2.46. The number of β-amino-alcohol motifs (C(OH)–C–C–N with tert-alkyl or cyclic N) is 1. The van der Waals surface area contributed by atoms with Gasteiger partial charge in [-0.05, 0) is 42.5 Å². The summed E-state index contributed by atoms with van der Waals surface area (Å²) in [7, 11) is 2.08. The Morgan fingerprint density at radius 3 is 2.61 bits per heavy atom. The van der Waals surface area contributed by atoms with Crippen molar-refractivity contribution in [3.63, 3.8) is 0 Å². The average Bonchev–Trinajstić information content (AvgIpc) is 2.73. The summed E-state index contributed by atoms with van der Waals surface area (Å²) in [6.07, 6.45) is 3.31. The number of anilines is 1. The summed E-state index contributed by atoms with van der Waals surface area (Å²) in [5, 5.41) is 18.6. The van der Waals surface area contributed by atoms with Crippen LogP contribution >= 0.6 is 0 Å². The molecule has 1 N–H and O–H groups in total. The van der Waals surface area contributed by atoms with Gasteiger partial charge in [0.25, 0.3) is 0 Å². The first kappa shape index (κ1) is 20.6. The summed E-state index contributed by atoms with van der Waals surface area (Å²) >= 11 is 0. The highest BCUT2D eigenvalue weighted by molar-refractivity contribution is 5.37. The zero-order chi connectivity index (χ0) is 19.9. The summed E-state index contributed by atoms with van der Waals surface area (Å²) in [6, 6.07) is 12.4. The molecule has 1 aliphatic heterocycles. The normalized spacial score (nSPS) is 16.9. The number of hydrogen-bond donors (Lipinski definition) is 1. The number of aromatic nitrogens is 2. The van der Waals surface area contributed by atoms with Gasteiger partial charge in [0.1, 0.15) is 18.5 Å². The van der Waals surface area contributed by atoms with Crippen molar-refractivity contribution < 1.29 is 9.84 Å². The van der Waals surface area contributed by atoms with E-state index in [-0.39, 0.29) is 0 Å². The fourth-order valence-electron chi connectivity index (χ4n) is 3.78. The molecular formula is C22H32N4O2. The minimum absolute atomic E-state index is 0.323. The van der Waals surface area contributed by atoms with E-state index in [0.717, 1.165) is 37.5 Å². The van der Waals surface area contributed by atoms with E-state index in [1.165, 1.54) is 5.56 Å². The largest absolute Gasteiger partial charge is 0.491 e. The second-order valence-electron chi connectivity index (χ2n) is 7.88. The van der Waals surface area contributed by atoms with Gasteiger partial charge in [-0.25, -0.2) is 0 Å². The Kier molecular flexibility index (Phi) is 7.23. The van der Waals surface area contributed by atoms with E-state index in [2.05, 4.69) is 47.0 Å². The van der Waals surface area contributed by atoms with E-state index in [1.807, 2.05) is 30.3 Å². The predicted molar refractivity (Wildman–Crippen MR) is 112 cm³/mol. The molecule has 2 heterocycles. The van der Waals surface area contributed by atoms with Gasteiger partial charge >= 0.3 is 0 Å². The SMILES string of the molecule is CC(C)c1ccccc1OCC(O)CN1CCC(N(C)c2cccnn2)CC1. The number of benzene rings is 1. The monoisotopic (exact) mass is 384 g/mol. The summed E-state index contributed by atoms with van der Waals surface area (Å²) < 4.78 is 5.92. The van der Waals surface area contributed by atoms with Crippen LogP contribution in [0.4, 0.5) is 5.82 Å². The maximum Gasteiger partial charge on any atom is 0.151 e. The van der Waals surface area contributed by atoms with Gasteiger partial charge in [-0.2, -0.15) is 5.10 Å². The molecule has 28 heavy (non-hydrogen) atoms. The van der Waals surface area contributed by atoms with Gasteiger partial charge in [0.15, 0.2) is 5.82 Å². The molecule has 0 bridgehead atoms. The maximum atomic E-state index is 10.4. The van der Waals surface area contributed by atoms with Gasteiger partial charge in [-0.15, -0.1) is 5.10 Å². The molecule has 0 aliphatic carbocycles. The van der Waals surface area contributed by atoms with Crippen molar-refractivity contribution in [3.8, 4) is 5.75 Å². The van der Waals surface area contributed by atoms with E-state index in [9.17, 15) is 5.11 Å². The minimum atomic E-state index is -0.491. The molecule has 1 aromatic heterocycles. The number of ether oxygens (including phenoxy) is 1. The van der Waals surface area contributed by atoms with Crippen LogP contribution in [0.5, 0.6) is 5.75 Å². The summed E-state index contributed by atoms with van der Waals surface area (Å²) in [5.41, 5.74) is 1.18. The lowest BCUT2D eigenvalue weighted by Gasteiger charge is -2.37. The van der Waals surface area contributed by atoms with Crippen molar-refractivity contribution in [1.29, 1.82) is 0 Å². The molecule has 0 saturated carbocycles. The summed E-state index contributed by atoms with van der Waals surface area (Å²) in [6.45, 7) is 7.21. The Balaban J connectivity index is 1.43. The molecule has 1 unspecified atom stereocenters. The lowest BCUT2D eigenvalue weighted by atomic mass is 10.0. The number of aliphatic hydroxyl groups is 1. The Bertz CT molecular complexity index is 717. The van der Waals surface area contributed by atoms with Crippen LogP contribution in [0.2, 0.25) is 0 Å². The minimum Gasteiger partial charge on any atom is -0.491 e. The van der Waals surface area contributed by atoms with E-state index < -0.39 is 6.10 Å². The van der Waals surface area contributed by atoms with Gasteiger partial charge in [0.05, 0.1) is 0 Å². The Hall–Kier alpha value is -2.18. The lowest BCUT2D eigenvalue weighted by molar-refractivity contribution is 0.0591. The van der Waals surface area contributed by atoms with E-state index in [4.69, 9.17) is 4.74 Å². The highest BCUT2D eigenvalue weighted by atomic mass is 16.5. The zero-order valence-electron chi connectivity index (χ0n) is 17.2. The first-order valence-electron chi connectivity index (χ1n) is 10.2. The first-order chi connectivity index (χ1) is 13.5. The third kappa shape index (κ3) is 5.42. The van der Waals surface area contributed by atoms with Crippen molar-refractivity contribution >= 4 is 5.82 Å². The number of aliphatic hydroxyl groups excluding tert-OH is 1. The van der Waals surface area contributed by atoms with Crippen LogP contribution in [0.25, 0.3) is 0 Å². The second-order valence-corrected chi connectivity index (χ2v) is 7.88. The highest BCUT2D eigenvalue weighted by Crippen LogP contribution is 2.26. The molecular weight excluding hydrogens is 352 g/mol. The molecule has 6 heteroatoms. The second kappa shape index (κ2) is 9.85. The van der Waals surface area contributed by atoms with Crippen molar-refractivity contribution in [3.05, 3.63) is 48.2 Å². The molecule has 1 fully saturated rings. The number of likely N-dealkylation sites (tertiary alicyclic amines) is 1. The van der Waals surface area contributed by atoms with Crippen LogP contribution in [-0.2, 0) is 0 Å². The molecule has 152 valence electrons. The van der Waals surface area contributed by atoms with E-state index in [1.54, 1.807) is 6.20 Å². The van der Waals surface area contributed by atoms with Crippen LogP contribution in [0.15, 0.2) is 42.6 Å². The van der Waals surface area contributed by atoms with Crippen LogP contribution in [-0.4, -0.2) is 65.6 Å². The van der Waals surface area contributed by atoms with E-state index in [0.29, 0.717) is 25.1 Å². The molecule has 1 atom stereocenters. The molecule has 6 nitrogen and oxygen atoms in total. The maximum absolute atomic E-state index is 10.4. The highest BCUT2D eigenvalue weighted by Gasteiger charge is 2.24. The van der Waals surface area contributed by atoms with E-state index >= 15 is 0 Å². The Morgan fingerprint density at radius 1 is 1.18 bits per heavy atom. The smallest absolute Gasteiger partial charge is 0.151 e. The zero-order valence-corrected chi connectivity index (χ0v) is 17.2. The predicted octanol–water partition coefficient (Wildman–Crippen LogP) is 2.94. The molecule has 1 aliphatic rings. The topological polar surface area (TPSA) is 61.7 Å². The van der Waals surface area contributed by atoms with Gasteiger partial charge in [-0.3, -0.25) is 0 Å². The molecule has 2 aromatic rings. The number of hydrogen-bond acceptors (Lipinski definition) is 6. The third-order valence-corrected chi connectivity index (χ3v) is 5.47.